The molecule has 2 amide bonds. The highest BCUT2D eigenvalue weighted by atomic mass is 79.9. The lowest BCUT2D eigenvalue weighted by Crippen LogP contribution is -2.25. The van der Waals surface area contributed by atoms with Gasteiger partial charge in [0.05, 0.1) is 11.4 Å². The van der Waals surface area contributed by atoms with Crippen LogP contribution in [0.4, 0.5) is 10.8 Å². The second-order valence-corrected chi connectivity index (χ2v) is 6.78. The van der Waals surface area contributed by atoms with Crippen LogP contribution in [0.1, 0.15) is 10.6 Å². The van der Waals surface area contributed by atoms with Crippen LogP contribution >= 0.6 is 27.3 Å². The summed E-state index contributed by atoms with van der Waals surface area (Å²) in [6.45, 7) is 0.0160. The van der Waals surface area contributed by atoms with E-state index in [1.165, 1.54) is 11.3 Å². The summed E-state index contributed by atoms with van der Waals surface area (Å²) in [6, 6.07) is 8.63. The lowest BCUT2D eigenvalue weighted by Gasteiger charge is -2.18. The van der Waals surface area contributed by atoms with Gasteiger partial charge in [-0.1, -0.05) is 0 Å². The summed E-state index contributed by atoms with van der Waals surface area (Å²) >= 11 is 4.45. The fourth-order valence-electron chi connectivity index (χ4n) is 2.30. The molecule has 0 saturated carbocycles. The van der Waals surface area contributed by atoms with Gasteiger partial charge in [0.2, 0.25) is 0 Å². The minimum Gasteiger partial charge on any atom is -0.482 e. The molecule has 3 aromatic rings. The summed E-state index contributed by atoms with van der Waals surface area (Å²) in [7, 11) is 0. The first-order valence-electron chi connectivity index (χ1n) is 7.18. The Labute approximate surface area is 154 Å². The minimum absolute atomic E-state index is 0.0160. The highest BCUT2D eigenvalue weighted by Gasteiger charge is 2.18. The maximum absolute atomic E-state index is 12.1. The summed E-state index contributed by atoms with van der Waals surface area (Å²) in [5.41, 5.74) is 2.10. The Morgan fingerprint density at radius 3 is 3.00 bits per heavy atom. The molecule has 1 aliphatic heterocycles. The van der Waals surface area contributed by atoms with Gasteiger partial charge in [0.15, 0.2) is 22.2 Å². The standard InChI is InChI=1S/C16H10BrN3O4S/c17-13-4-3-12(24-13)15(22)20-16-19-10(7-25-16)8-1-2-11-9(5-8)18-14(21)6-23-11/h1-5,7H,6H2,(H,18,21)(H,19,20,22). The summed E-state index contributed by atoms with van der Waals surface area (Å²) in [5, 5.41) is 7.72. The van der Waals surface area contributed by atoms with Gasteiger partial charge in [-0.25, -0.2) is 4.98 Å². The van der Waals surface area contributed by atoms with Crippen molar-refractivity contribution >= 4 is 49.9 Å². The van der Waals surface area contributed by atoms with Crippen LogP contribution in [-0.2, 0) is 4.79 Å². The van der Waals surface area contributed by atoms with Crippen LogP contribution in [-0.4, -0.2) is 23.4 Å². The van der Waals surface area contributed by atoms with Crippen LogP contribution < -0.4 is 15.4 Å². The van der Waals surface area contributed by atoms with Gasteiger partial charge in [0, 0.05) is 10.9 Å². The number of thiazole rings is 1. The second-order valence-electron chi connectivity index (χ2n) is 5.14. The zero-order chi connectivity index (χ0) is 17.4. The second kappa shape index (κ2) is 6.34. The SMILES string of the molecule is O=C1COc2ccc(-c3csc(NC(=O)c4ccc(Br)o4)n3)cc2N1. The van der Waals surface area contributed by atoms with Crippen LogP contribution in [0.5, 0.6) is 5.75 Å². The van der Waals surface area contributed by atoms with E-state index < -0.39 is 0 Å². The molecule has 1 aliphatic rings. The molecule has 7 nitrogen and oxygen atoms in total. The van der Waals surface area contributed by atoms with E-state index in [1.54, 1.807) is 24.3 Å². The van der Waals surface area contributed by atoms with Gasteiger partial charge in [0.1, 0.15) is 5.75 Å². The Morgan fingerprint density at radius 2 is 2.20 bits per heavy atom. The van der Waals surface area contributed by atoms with Crippen molar-refractivity contribution in [1.82, 2.24) is 4.98 Å². The van der Waals surface area contributed by atoms with E-state index in [0.717, 1.165) is 5.56 Å². The molecule has 0 bridgehead atoms. The van der Waals surface area contributed by atoms with Gasteiger partial charge in [-0.2, -0.15) is 0 Å². The van der Waals surface area contributed by atoms with Gasteiger partial charge in [0.25, 0.3) is 11.8 Å². The lowest BCUT2D eigenvalue weighted by atomic mass is 10.1. The minimum atomic E-state index is -0.377. The van der Waals surface area contributed by atoms with E-state index in [-0.39, 0.29) is 24.2 Å². The molecular weight excluding hydrogens is 410 g/mol. The number of halogens is 1. The number of carbonyl (C=O) groups excluding carboxylic acids is 2. The molecule has 0 unspecified atom stereocenters. The molecule has 2 aromatic heterocycles. The number of aromatic nitrogens is 1. The molecule has 0 atom stereocenters. The van der Waals surface area contributed by atoms with E-state index >= 15 is 0 Å². The number of carbonyl (C=O) groups is 2. The van der Waals surface area contributed by atoms with Crippen molar-refractivity contribution in [2.75, 3.05) is 17.2 Å². The number of amides is 2. The third-order valence-corrected chi connectivity index (χ3v) is 4.61. The van der Waals surface area contributed by atoms with E-state index in [1.807, 2.05) is 11.4 Å². The number of nitrogens with one attached hydrogen (secondary N) is 2. The summed E-state index contributed by atoms with van der Waals surface area (Å²) in [4.78, 5) is 27.9. The number of furan rings is 1. The van der Waals surface area contributed by atoms with E-state index in [0.29, 0.717) is 26.9 Å². The average molecular weight is 420 g/mol. The number of nitrogens with zero attached hydrogens (tertiary/aromatic N) is 1. The van der Waals surface area contributed by atoms with E-state index in [2.05, 4.69) is 31.5 Å². The highest BCUT2D eigenvalue weighted by Crippen LogP contribution is 2.33. The number of benzene rings is 1. The highest BCUT2D eigenvalue weighted by molar-refractivity contribution is 9.10. The van der Waals surface area contributed by atoms with Gasteiger partial charge in [-0.05, 0) is 46.3 Å². The fourth-order valence-corrected chi connectivity index (χ4v) is 3.32. The Balaban J connectivity index is 1.54. The van der Waals surface area contributed by atoms with Crippen molar-refractivity contribution in [3.05, 3.63) is 46.1 Å². The monoisotopic (exact) mass is 419 g/mol. The Bertz CT molecular complexity index is 981. The first kappa shape index (κ1) is 15.9. The maximum Gasteiger partial charge on any atom is 0.293 e. The van der Waals surface area contributed by atoms with Crippen LogP contribution in [0.2, 0.25) is 0 Å². The predicted molar refractivity (Wildman–Crippen MR) is 96.0 cm³/mol. The lowest BCUT2D eigenvalue weighted by molar-refractivity contribution is -0.118. The molecule has 2 N–H and O–H groups in total. The molecule has 4 rings (SSSR count). The molecule has 1 aromatic carbocycles. The van der Waals surface area contributed by atoms with Crippen LogP contribution in [0, 0.1) is 0 Å². The summed E-state index contributed by atoms with van der Waals surface area (Å²) < 4.78 is 11.0. The van der Waals surface area contributed by atoms with Crippen LogP contribution in [0.25, 0.3) is 11.3 Å². The third-order valence-electron chi connectivity index (χ3n) is 3.43. The number of hydrogen-bond donors (Lipinski definition) is 2. The van der Waals surface area contributed by atoms with Crippen molar-refractivity contribution < 1.29 is 18.7 Å². The third kappa shape index (κ3) is 3.28. The van der Waals surface area contributed by atoms with Crippen LogP contribution in [0.15, 0.2) is 44.8 Å². The normalized spacial score (nSPS) is 12.9. The summed E-state index contributed by atoms with van der Waals surface area (Å²) in [6.07, 6.45) is 0. The molecule has 25 heavy (non-hydrogen) atoms. The quantitative estimate of drug-likeness (QED) is 0.673. The largest absolute Gasteiger partial charge is 0.482 e. The average Bonchev–Trinajstić information content (AvgIpc) is 3.23. The molecule has 9 heteroatoms. The first-order valence-corrected chi connectivity index (χ1v) is 8.85. The summed E-state index contributed by atoms with van der Waals surface area (Å²) in [5.74, 6) is 0.242. The topological polar surface area (TPSA) is 93.5 Å². The molecule has 0 radical (unpaired) electrons. The molecular formula is C16H10BrN3O4S. The number of ether oxygens (including phenoxy) is 1. The van der Waals surface area contributed by atoms with Gasteiger partial charge < -0.3 is 14.5 Å². The van der Waals surface area contributed by atoms with Crippen molar-refractivity contribution in [2.24, 2.45) is 0 Å². The Kier molecular flexibility index (Phi) is 4.02. The molecule has 126 valence electrons. The van der Waals surface area contributed by atoms with Crippen molar-refractivity contribution in [2.45, 2.75) is 0 Å². The van der Waals surface area contributed by atoms with Crippen LogP contribution in [0.3, 0.4) is 0 Å². The smallest absolute Gasteiger partial charge is 0.293 e. The molecule has 0 fully saturated rings. The molecule has 0 saturated heterocycles. The van der Waals surface area contributed by atoms with Crippen molar-refractivity contribution in [3.8, 4) is 17.0 Å². The van der Waals surface area contributed by atoms with Crippen molar-refractivity contribution in [1.29, 1.82) is 0 Å². The first-order chi connectivity index (χ1) is 12.1. The van der Waals surface area contributed by atoms with Crippen molar-refractivity contribution in [3.63, 3.8) is 0 Å². The Hall–Kier alpha value is -2.65. The number of fused-ring (bicyclic) bond motifs is 1. The van der Waals surface area contributed by atoms with E-state index in [9.17, 15) is 9.59 Å². The molecule has 3 heterocycles. The number of rotatable bonds is 3. The zero-order valence-electron chi connectivity index (χ0n) is 12.5. The molecule has 0 spiro atoms. The fraction of sp³-hybridized carbons (Fsp3) is 0.0625. The maximum atomic E-state index is 12.1. The van der Waals surface area contributed by atoms with Gasteiger partial charge >= 0.3 is 0 Å². The van der Waals surface area contributed by atoms with E-state index in [4.69, 9.17) is 9.15 Å². The van der Waals surface area contributed by atoms with Gasteiger partial charge in [-0.15, -0.1) is 11.3 Å². The number of hydrogen-bond acceptors (Lipinski definition) is 6. The molecule has 0 aliphatic carbocycles. The Morgan fingerprint density at radius 1 is 1.32 bits per heavy atom. The number of anilines is 2. The predicted octanol–water partition coefficient (Wildman–Crippen LogP) is 3.75. The van der Waals surface area contributed by atoms with Gasteiger partial charge in [-0.3, -0.25) is 14.9 Å². The zero-order valence-corrected chi connectivity index (χ0v) is 14.9.